The number of hydrogen-bond acceptors (Lipinski definition) is 3. The van der Waals surface area contributed by atoms with Crippen molar-refractivity contribution < 1.29 is 18.7 Å². The van der Waals surface area contributed by atoms with Crippen LogP contribution in [0.25, 0.3) is 0 Å². The number of phenols is 1. The number of phenolic OH excluding ortho intramolecular Hbond substituents is 1. The zero-order chi connectivity index (χ0) is 18.4. The molecule has 0 aliphatic carbocycles. The summed E-state index contributed by atoms with van der Waals surface area (Å²) >= 11 is 0. The number of aromatic hydroxyl groups is 1. The van der Waals surface area contributed by atoms with Crippen LogP contribution in [0.3, 0.4) is 0 Å². The van der Waals surface area contributed by atoms with Gasteiger partial charge in [-0.2, -0.15) is 0 Å². The van der Waals surface area contributed by atoms with Crippen LogP contribution in [-0.4, -0.2) is 35.5 Å². The Balaban J connectivity index is 2.19. The second-order valence-corrected chi connectivity index (χ2v) is 5.64. The van der Waals surface area contributed by atoms with Crippen LogP contribution in [0.5, 0.6) is 5.75 Å². The number of carbonyl (C=O) groups excluding carboxylic acids is 1. The molecule has 25 heavy (non-hydrogen) atoms. The fraction of sp³-hybridized carbons (Fsp3) is 0.316. The van der Waals surface area contributed by atoms with E-state index in [9.17, 15) is 18.7 Å². The molecule has 1 atom stereocenters. The van der Waals surface area contributed by atoms with E-state index in [2.05, 4.69) is 10.2 Å². The molecule has 0 aliphatic heterocycles. The molecule has 2 aromatic rings. The van der Waals surface area contributed by atoms with Gasteiger partial charge in [-0.25, -0.2) is 8.78 Å². The summed E-state index contributed by atoms with van der Waals surface area (Å²) in [6, 6.07) is 10.9. The van der Waals surface area contributed by atoms with Crippen molar-refractivity contribution in [2.75, 3.05) is 19.6 Å². The molecule has 2 N–H and O–H groups in total. The Hall–Kier alpha value is -2.47. The molecular formula is C19H22F2N2O2. The smallest absolute Gasteiger partial charge is 0.258 e. The first kappa shape index (κ1) is 18.9. The molecule has 2 aromatic carbocycles. The summed E-state index contributed by atoms with van der Waals surface area (Å²) in [5, 5.41) is 12.3. The van der Waals surface area contributed by atoms with Crippen molar-refractivity contribution in [3.8, 4) is 5.75 Å². The van der Waals surface area contributed by atoms with Gasteiger partial charge in [0.2, 0.25) is 0 Å². The van der Waals surface area contributed by atoms with Crippen molar-refractivity contribution in [2.45, 2.75) is 19.9 Å². The maximum Gasteiger partial charge on any atom is 0.258 e. The molecule has 0 aromatic heterocycles. The summed E-state index contributed by atoms with van der Waals surface area (Å²) in [5.41, 5.74) is 0.475. The van der Waals surface area contributed by atoms with Gasteiger partial charge in [0.25, 0.3) is 5.91 Å². The molecule has 1 unspecified atom stereocenters. The second kappa shape index (κ2) is 8.58. The summed E-state index contributed by atoms with van der Waals surface area (Å²) < 4.78 is 26.9. The maximum absolute atomic E-state index is 13.8. The monoisotopic (exact) mass is 348 g/mol. The van der Waals surface area contributed by atoms with E-state index in [1.54, 1.807) is 0 Å². The van der Waals surface area contributed by atoms with E-state index < -0.39 is 28.9 Å². The van der Waals surface area contributed by atoms with Gasteiger partial charge >= 0.3 is 0 Å². The zero-order valence-electron chi connectivity index (χ0n) is 14.3. The topological polar surface area (TPSA) is 52.6 Å². The van der Waals surface area contributed by atoms with Gasteiger partial charge in [-0.15, -0.1) is 0 Å². The van der Waals surface area contributed by atoms with Crippen molar-refractivity contribution in [1.29, 1.82) is 0 Å². The van der Waals surface area contributed by atoms with E-state index in [0.717, 1.165) is 24.7 Å². The summed E-state index contributed by atoms with van der Waals surface area (Å²) in [6.07, 6.45) is 0. The Labute approximate surface area is 146 Å². The van der Waals surface area contributed by atoms with E-state index >= 15 is 0 Å². The largest absolute Gasteiger partial charge is 0.507 e. The van der Waals surface area contributed by atoms with Crippen LogP contribution in [0, 0.1) is 11.6 Å². The van der Waals surface area contributed by atoms with Crippen LogP contribution in [0.1, 0.15) is 35.8 Å². The SMILES string of the molecule is CCN(CC)C(CNC(=O)c1c(O)cc(F)cc1F)c1ccccc1. The van der Waals surface area contributed by atoms with Crippen LogP contribution in [0.4, 0.5) is 8.78 Å². The number of hydrogen-bond donors (Lipinski definition) is 2. The first-order chi connectivity index (χ1) is 12.0. The van der Waals surface area contributed by atoms with Crippen molar-refractivity contribution >= 4 is 5.91 Å². The van der Waals surface area contributed by atoms with Crippen LogP contribution < -0.4 is 5.32 Å². The number of benzene rings is 2. The van der Waals surface area contributed by atoms with Crippen molar-refractivity contribution in [2.24, 2.45) is 0 Å². The first-order valence-corrected chi connectivity index (χ1v) is 8.23. The summed E-state index contributed by atoms with van der Waals surface area (Å²) in [5.74, 6) is -3.51. The van der Waals surface area contributed by atoms with Gasteiger partial charge in [0.1, 0.15) is 22.9 Å². The van der Waals surface area contributed by atoms with E-state index in [-0.39, 0.29) is 12.6 Å². The minimum atomic E-state index is -1.09. The van der Waals surface area contributed by atoms with Gasteiger partial charge in [0.05, 0.1) is 6.04 Å². The molecule has 0 heterocycles. The van der Waals surface area contributed by atoms with Gasteiger partial charge < -0.3 is 10.4 Å². The minimum Gasteiger partial charge on any atom is -0.507 e. The highest BCUT2D eigenvalue weighted by Crippen LogP contribution is 2.23. The van der Waals surface area contributed by atoms with Gasteiger partial charge in [0.15, 0.2) is 0 Å². The average molecular weight is 348 g/mol. The predicted molar refractivity (Wildman–Crippen MR) is 92.5 cm³/mol. The van der Waals surface area contributed by atoms with Gasteiger partial charge in [-0.3, -0.25) is 9.69 Å². The lowest BCUT2D eigenvalue weighted by molar-refractivity contribution is 0.0928. The lowest BCUT2D eigenvalue weighted by atomic mass is 10.0. The molecule has 0 aliphatic rings. The first-order valence-electron chi connectivity index (χ1n) is 8.23. The molecule has 0 bridgehead atoms. The molecule has 0 radical (unpaired) electrons. The normalized spacial score (nSPS) is 12.2. The van der Waals surface area contributed by atoms with Crippen LogP contribution >= 0.6 is 0 Å². The van der Waals surface area contributed by atoms with E-state index in [4.69, 9.17) is 0 Å². The van der Waals surface area contributed by atoms with Crippen molar-refractivity contribution in [1.82, 2.24) is 10.2 Å². The summed E-state index contributed by atoms with van der Waals surface area (Å²) in [4.78, 5) is 14.4. The Morgan fingerprint density at radius 2 is 1.80 bits per heavy atom. The average Bonchev–Trinajstić information content (AvgIpc) is 2.58. The van der Waals surface area contributed by atoms with Crippen LogP contribution in [0.15, 0.2) is 42.5 Å². The molecule has 0 fully saturated rings. The predicted octanol–water partition coefficient (Wildman–Crippen LogP) is 3.48. The number of nitrogens with one attached hydrogen (secondary N) is 1. The lowest BCUT2D eigenvalue weighted by Crippen LogP contribution is -2.38. The fourth-order valence-electron chi connectivity index (χ4n) is 2.86. The number of halogens is 2. The Kier molecular flexibility index (Phi) is 6.47. The third-order valence-corrected chi connectivity index (χ3v) is 4.15. The highest BCUT2D eigenvalue weighted by atomic mass is 19.1. The number of carbonyl (C=O) groups is 1. The van der Waals surface area contributed by atoms with E-state index in [0.29, 0.717) is 6.07 Å². The summed E-state index contributed by atoms with van der Waals surface area (Å²) in [6.45, 7) is 5.84. The standard InChI is InChI=1S/C19H22F2N2O2/c1-3-23(4-2)16(13-8-6-5-7-9-13)12-22-19(25)18-15(21)10-14(20)11-17(18)24/h5-11,16,24H,3-4,12H2,1-2H3,(H,22,25). The van der Waals surface area contributed by atoms with Gasteiger partial charge in [0, 0.05) is 18.7 Å². The highest BCUT2D eigenvalue weighted by Gasteiger charge is 2.22. The zero-order valence-corrected chi connectivity index (χ0v) is 14.3. The van der Waals surface area contributed by atoms with Crippen molar-refractivity contribution in [3.05, 3.63) is 65.2 Å². The molecular weight excluding hydrogens is 326 g/mol. The third-order valence-electron chi connectivity index (χ3n) is 4.15. The number of amides is 1. The van der Waals surface area contributed by atoms with E-state index in [1.807, 2.05) is 44.2 Å². The maximum atomic E-state index is 13.8. The van der Waals surface area contributed by atoms with Gasteiger partial charge in [-0.1, -0.05) is 44.2 Å². The molecule has 0 saturated carbocycles. The number of nitrogens with zero attached hydrogens (tertiary/aromatic N) is 1. The Bertz CT molecular complexity index is 696. The Morgan fingerprint density at radius 3 is 2.36 bits per heavy atom. The second-order valence-electron chi connectivity index (χ2n) is 5.64. The minimum absolute atomic E-state index is 0.0918. The van der Waals surface area contributed by atoms with Crippen molar-refractivity contribution in [3.63, 3.8) is 0 Å². The molecule has 0 spiro atoms. The Morgan fingerprint density at radius 1 is 1.16 bits per heavy atom. The van der Waals surface area contributed by atoms with Gasteiger partial charge in [-0.05, 0) is 18.7 Å². The molecule has 2 rings (SSSR count). The molecule has 4 nitrogen and oxygen atoms in total. The molecule has 134 valence electrons. The highest BCUT2D eigenvalue weighted by molar-refractivity contribution is 5.97. The quantitative estimate of drug-likeness (QED) is 0.805. The van der Waals surface area contributed by atoms with Crippen LogP contribution in [0.2, 0.25) is 0 Å². The van der Waals surface area contributed by atoms with Crippen LogP contribution in [-0.2, 0) is 0 Å². The van der Waals surface area contributed by atoms with E-state index in [1.165, 1.54) is 0 Å². The summed E-state index contributed by atoms with van der Waals surface area (Å²) in [7, 11) is 0. The molecule has 1 amide bonds. The number of rotatable bonds is 7. The lowest BCUT2D eigenvalue weighted by Gasteiger charge is -2.30. The fourth-order valence-corrected chi connectivity index (χ4v) is 2.86. The molecule has 0 saturated heterocycles. The third kappa shape index (κ3) is 4.54. The molecule has 6 heteroatoms. The number of likely N-dealkylation sites (N-methyl/N-ethyl adjacent to an activating group) is 1.